The van der Waals surface area contributed by atoms with Crippen molar-refractivity contribution in [3.05, 3.63) is 63.6 Å². The van der Waals surface area contributed by atoms with Crippen LogP contribution in [0.4, 0.5) is 0 Å². The molecule has 0 atom stereocenters. The molecule has 2 aliphatic heterocycles. The summed E-state index contributed by atoms with van der Waals surface area (Å²) in [6.07, 6.45) is 1.21. The average molecular weight is 556 g/mol. The van der Waals surface area contributed by atoms with Crippen LogP contribution in [0.25, 0.3) is 0 Å². The first-order valence-electron chi connectivity index (χ1n) is 11.8. The van der Waals surface area contributed by atoms with E-state index in [1.165, 1.54) is 17.9 Å². The molecule has 0 bridgehead atoms. The van der Waals surface area contributed by atoms with Gasteiger partial charge in [-0.05, 0) is 49.2 Å². The number of ether oxygens (including phenoxy) is 1. The van der Waals surface area contributed by atoms with Crippen LogP contribution in [-0.4, -0.2) is 77.0 Å². The highest BCUT2D eigenvalue weighted by molar-refractivity contribution is 9.10. The van der Waals surface area contributed by atoms with E-state index in [1.54, 1.807) is 46.2 Å². The second-order valence-electron chi connectivity index (χ2n) is 8.70. The summed E-state index contributed by atoms with van der Waals surface area (Å²) < 4.78 is 5.79. The van der Waals surface area contributed by atoms with E-state index < -0.39 is 5.97 Å². The molecule has 1 saturated heterocycles. The van der Waals surface area contributed by atoms with Gasteiger partial charge in [-0.25, -0.2) is 0 Å². The smallest absolute Gasteiger partial charge is 0.308 e. The lowest BCUT2D eigenvalue weighted by atomic mass is 10.1. The number of imide groups is 1. The summed E-state index contributed by atoms with van der Waals surface area (Å²) in [5.74, 6) is -1.08. The summed E-state index contributed by atoms with van der Waals surface area (Å²) in [5.41, 5.74) is 1.17. The predicted octanol–water partition coefficient (Wildman–Crippen LogP) is 3.13. The third kappa shape index (κ3) is 5.64. The van der Waals surface area contributed by atoms with E-state index in [-0.39, 0.29) is 36.6 Å². The SMILES string of the molecule is CC(=O)Oc1cccc(C(=O)N2CCCN(C(=O)CCCN3C(=O)c4ccc(Br)cc4C3=O)CC2)c1. The molecule has 2 aromatic rings. The first-order chi connectivity index (χ1) is 17.2. The van der Waals surface area contributed by atoms with Crippen LogP contribution in [0.2, 0.25) is 0 Å². The minimum atomic E-state index is -0.459. The largest absolute Gasteiger partial charge is 0.427 e. The Bertz CT molecular complexity index is 1230. The summed E-state index contributed by atoms with van der Waals surface area (Å²) in [6.45, 7) is 3.29. The van der Waals surface area contributed by atoms with Crippen molar-refractivity contribution in [2.24, 2.45) is 0 Å². The fourth-order valence-corrected chi connectivity index (χ4v) is 4.78. The third-order valence-electron chi connectivity index (χ3n) is 6.18. The molecule has 10 heteroatoms. The molecular weight excluding hydrogens is 530 g/mol. The summed E-state index contributed by atoms with van der Waals surface area (Å²) >= 11 is 3.32. The van der Waals surface area contributed by atoms with Crippen LogP contribution in [-0.2, 0) is 9.59 Å². The number of esters is 1. The molecule has 4 rings (SSSR count). The molecule has 0 N–H and O–H groups in total. The Kier molecular flexibility index (Phi) is 7.83. The molecule has 36 heavy (non-hydrogen) atoms. The maximum atomic E-state index is 13.0. The Hall–Kier alpha value is -3.53. The van der Waals surface area contributed by atoms with Gasteiger partial charge in [-0.1, -0.05) is 22.0 Å². The van der Waals surface area contributed by atoms with Gasteiger partial charge in [0.25, 0.3) is 17.7 Å². The highest BCUT2D eigenvalue weighted by Crippen LogP contribution is 2.26. The topological polar surface area (TPSA) is 104 Å². The van der Waals surface area contributed by atoms with Gasteiger partial charge in [-0.2, -0.15) is 0 Å². The molecule has 9 nitrogen and oxygen atoms in total. The lowest BCUT2D eigenvalue weighted by Crippen LogP contribution is -2.38. The van der Waals surface area contributed by atoms with Crippen molar-refractivity contribution in [3.8, 4) is 5.75 Å². The summed E-state index contributed by atoms with van der Waals surface area (Å²) in [4.78, 5) is 66.8. The quantitative estimate of drug-likeness (QED) is 0.308. The van der Waals surface area contributed by atoms with E-state index in [4.69, 9.17) is 4.74 Å². The van der Waals surface area contributed by atoms with Crippen molar-refractivity contribution in [2.75, 3.05) is 32.7 Å². The maximum absolute atomic E-state index is 13.0. The second kappa shape index (κ2) is 11.0. The van der Waals surface area contributed by atoms with Gasteiger partial charge in [0, 0.05) is 56.1 Å². The minimum absolute atomic E-state index is 0.0690. The van der Waals surface area contributed by atoms with E-state index >= 15 is 0 Å². The summed E-state index contributed by atoms with van der Waals surface area (Å²) in [7, 11) is 0. The van der Waals surface area contributed by atoms with Gasteiger partial charge >= 0.3 is 5.97 Å². The molecule has 0 unspecified atom stereocenters. The number of carbonyl (C=O) groups is 5. The molecule has 188 valence electrons. The van der Waals surface area contributed by atoms with E-state index in [9.17, 15) is 24.0 Å². The van der Waals surface area contributed by atoms with Crippen LogP contribution >= 0.6 is 15.9 Å². The zero-order valence-electron chi connectivity index (χ0n) is 19.9. The van der Waals surface area contributed by atoms with Crippen LogP contribution in [0.15, 0.2) is 46.9 Å². The molecule has 0 aliphatic carbocycles. The van der Waals surface area contributed by atoms with Crippen molar-refractivity contribution >= 4 is 45.5 Å². The molecule has 0 saturated carbocycles. The highest BCUT2D eigenvalue weighted by atomic mass is 79.9. The van der Waals surface area contributed by atoms with Crippen molar-refractivity contribution in [1.29, 1.82) is 0 Å². The Morgan fingerprint density at radius 2 is 1.64 bits per heavy atom. The number of amides is 4. The molecule has 1 fully saturated rings. The van der Waals surface area contributed by atoms with Crippen LogP contribution in [0.3, 0.4) is 0 Å². The molecule has 0 radical (unpaired) electrons. The van der Waals surface area contributed by atoms with Gasteiger partial charge in [0.05, 0.1) is 11.1 Å². The monoisotopic (exact) mass is 555 g/mol. The number of hydrogen-bond acceptors (Lipinski definition) is 6. The predicted molar refractivity (Wildman–Crippen MR) is 134 cm³/mol. The Labute approximate surface area is 217 Å². The molecule has 0 spiro atoms. The first-order valence-corrected chi connectivity index (χ1v) is 12.5. The highest BCUT2D eigenvalue weighted by Gasteiger charge is 2.35. The molecular formula is C26H26BrN3O6. The lowest BCUT2D eigenvalue weighted by Gasteiger charge is -2.23. The maximum Gasteiger partial charge on any atom is 0.308 e. The van der Waals surface area contributed by atoms with Gasteiger partial charge in [-0.15, -0.1) is 0 Å². The second-order valence-corrected chi connectivity index (χ2v) is 9.62. The van der Waals surface area contributed by atoms with Crippen LogP contribution < -0.4 is 4.74 Å². The van der Waals surface area contributed by atoms with Crippen molar-refractivity contribution < 1.29 is 28.7 Å². The Morgan fingerprint density at radius 3 is 2.42 bits per heavy atom. The fourth-order valence-electron chi connectivity index (χ4n) is 4.42. The summed E-state index contributed by atoms with van der Waals surface area (Å²) in [5, 5.41) is 0. The summed E-state index contributed by atoms with van der Waals surface area (Å²) in [6, 6.07) is 11.5. The van der Waals surface area contributed by atoms with E-state index in [0.29, 0.717) is 61.5 Å². The van der Waals surface area contributed by atoms with Gasteiger partial charge < -0.3 is 14.5 Å². The standard InChI is InChI=1S/C26H26BrN3O6/c1-17(31)36-20-6-2-5-18(15-20)24(33)29-11-4-10-28(13-14-29)23(32)7-3-12-30-25(34)21-9-8-19(27)16-22(21)26(30)35/h2,5-6,8-9,15-16H,3-4,7,10-14H2,1H3. The minimum Gasteiger partial charge on any atom is -0.427 e. The van der Waals surface area contributed by atoms with Crippen LogP contribution in [0.1, 0.15) is 57.3 Å². The Balaban J connectivity index is 1.28. The van der Waals surface area contributed by atoms with E-state index in [1.807, 2.05) is 0 Å². The van der Waals surface area contributed by atoms with E-state index in [2.05, 4.69) is 15.9 Å². The molecule has 2 heterocycles. The number of hydrogen-bond donors (Lipinski definition) is 0. The van der Waals surface area contributed by atoms with Gasteiger partial charge in [-0.3, -0.25) is 28.9 Å². The Morgan fingerprint density at radius 1 is 0.917 bits per heavy atom. The van der Waals surface area contributed by atoms with Crippen LogP contribution in [0, 0.1) is 0 Å². The third-order valence-corrected chi connectivity index (χ3v) is 6.68. The van der Waals surface area contributed by atoms with Gasteiger partial charge in [0.1, 0.15) is 5.75 Å². The molecule has 0 aromatic heterocycles. The average Bonchev–Trinajstić information content (AvgIpc) is 3.01. The zero-order chi connectivity index (χ0) is 25.8. The number of carbonyl (C=O) groups excluding carboxylic acids is 5. The fraction of sp³-hybridized carbons (Fsp3) is 0.346. The van der Waals surface area contributed by atoms with Gasteiger partial charge in [0.15, 0.2) is 0 Å². The molecule has 2 aliphatic rings. The van der Waals surface area contributed by atoms with Crippen molar-refractivity contribution in [1.82, 2.24) is 14.7 Å². The first kappa shape index (κ1) is 25.6. The number of nitrogens with zero attached hydrogens (tertiary/aromatic N) is 3. The van der Waals surface area contributed by atoms with Gasteiger partial charge in [0.2, 0.25) is 5.91 Å². The number of benzene rings is 2. The van der Waals surface area contributed by atoms with Crippen LogP contribution in [0.5, 0.6) is 5.75 Å². The number of fused-ring (bicyclic) bond motifs is 1. The van der Waals surface area contributed by atoms with E-state index in [0.717, 1.165) is 4.47 Å². The van der Waals surface area contributed by atoms with Crippen molar-refractivity contribution in [2.45, 2.75) is 26.2 Å². The molecule has 2 aromatic carbocycles. The van der Waals surface area contributed by atoms with Crippen molar-refractivity contribution in [3.63, 3.8) is 0 Å². The number of rotatable bonds is 6. The molecule has 4 amide bonds. The lowest BCUT2D eigenvalue weighted by molar-refractivity contribution is -0.132. The number of halogens is 1. The zero-order valence-corrected chi connectivity index (χ0v) is 21.5. The normalized spacial score (nSPS) is 15.6.